The number of nitrogens with one attached hydrogen (secondary N) is 1. The van der Waals surface area contributed by atoms with Crippen LogP contribution in [-0.4, -0.2) is 47.1 Å². The van der Waals surface area contributed by atoms with Crippen molar-refractivity contribution in [3.8, 4) is 0 Å². The van der Waals surface area contributed by atoms with E-state index >= 15 is 0 Å². The Bertz CT molecular complexity index is 343. The molecule has 2 amide bonds. The van der Waals surface area contributed by atoms with Gasteiger partial charge in [0.2, 0.25) is 11.8 Å². The predicted molar refractivity (Wildman–Crippen MR) is 78.1 cm³/mol. The topological polar surface area (TPSA) is 69.6 Å². The Balaban J connectivity index is 2.49. The van der Waals surface area contributed by atoms with Gasteiger partial charge in [-0.1, -0.05) is 20.8 Å². The van der Waals surface area contributed by atoms with Crippen LogP contribution in [0.15, 0.2) is 0 Å². The van der Waals surface area contributed by atoms with E-state index in [1.165, 1.54) is 0 Å². The second-order valence-corrected chi connectivity index (χ2v) is 6.32. The second kappa shape index (κ2) is 7.07. The number of piperidine rings is 1. The Labute approximate surface area is 121 Å². The van der Waals surface area contributed by atoms with Crippen molar-refractivity contribution in [3.63, 3.8) is 0 Å². The van der Waals surface area contributed by atoms with Crippen LogP contribution in [0.3, 0.4) is 0 Å². The minimum absolute atomic E-state index is 0.0000425. The molecule has 1 unspecified atom stereocenters. The van der Waals surface area contributed by atoms with Gasteiger partial charge in [0, 0.05) is 24.9 Å². The molecule has 5 nitrogen and oxygen atoms in total. The van der Waals surface area contributed by atoms with Crippen LogP contribution < -0.4 is 5.32 Å². The summed E-state index contributed by atoms with van der Waals surface area (Å²) in [6.07, 6.45) is 2.10. The van der Waals surface area contributed by atoms with Gasteiger partial charge in [-0.25, -0.2) is 0 Å². The van der Waals surface area contributed by atoms with Gasteiger partial charge in [-0.3, -0.25) is 9.59 Å². The average Bonchev–Trinajstić information content (AvgIpc) is 2.46. The van der Waals surface area contributed by atoms with Crippen LogP contribution in [0.2, 0.25) is 0 Å². The third kappa shape index (κ3) is 4.20. The number of carbonyl (C=O) groups excluding carboxylic acids is 2. The van der Waals surface area contributed by atoms with Gasteiger partial charge in [-0.15, -0.1) is 0 Å². The normalized spacial score (nSPS) is 19.8. The maximum Gasteiger partial charge on any atom is 0.225 e. The first kappa shape index (κ1) is 17.0. The lowest BCUT2D eigenvalue weighted by Gasteiger charge is -2.35. The van der Waals surface area contributed by atoms with Crippen molar-refractivity contribution < 1.29 is 14.7 Å². The Morgan fingerprint density at radius 3 is 2.30 bits per heavy atom. The number of amides is 2. The molecule has 0 bridgehead atoms. The fraction of sp³-hybridized carbons (Fsp3) is 0.867. The zero-order valence-corrected chi connectivity index (χ0v) is 13.1. The van der Waals surface area contributed by atoms with Gasteiger partial charge in [0.25, 0.3) is 0 Å². The molecule has 1 heterocycles. The van der Waals surface area contributed by atoms with Crippen LogP contribution in [0, 0.1) is 11.8 Å². The highest BCUT2D eigenvalue weighted by Crippen LogP contribution is 2.20. The van der Waals surface area contributed by atoms with Gasteiger partial charge >= 0.3 is 0 Å². The van der Waals surface area contributed by atoms with E-state index in [1.54, 1.807) is 0 Å². The van der Waals surface area contributed by atoms with Crippen molar-refractivity contribution in [2.75, 3.05) is 19.7 Å². The number of aliphatic hydroxyl groups excluding tert-OH is 1. The van der Waals surface area contributed by atoms with Crippen LogP contribution in [0.4, 0.5) is 0 Å². The number of carbonyl (C=O) groups is 2. The summed E-state index contributed by atoms with van der Waals surface area (Å²) in [7, 11) is 0. The molecule has 20 heavy (non-hydrogen) atoms. The van der Waals surface area contributed by atoms with E-state index in [4.69, 9.17) is 0 Å². The molecule has 1 aliphatic heterocycles. The monoisotopic (exact) mass is 284 g/mol. The molecule has 2 N–H and O–H groups in total. The molecule has 0 radical (unpaired) electrons. The highest BCUT2D eigenvalue weighted by molar-refractivity contribution is 5.81. The van der Waals surface area contributed by atoms with Crippen LogP contribution >= 0.6 is 0 Å². The molecular formula is C15H28N2O3. The molecular weight excluding hydrogens is 256 g/mol. The second-order valence-electron chi connectivity index (χ2n) is 6.32. The minimum Gasteiger partial charge on any atom is -0.394 e. The van der Waals surface area contributed by atoms with Gasteiger partial charge < -0.3 is 15.3 Å². The summed E-state index contributed by atoms with van der Waals surface area (Å²) in [5.74, 6) is 0.124. The Hall–Kier alpha value is -1.10. The molecule has 5 heteroatoms. The van der Waals surface area contributed by atoms with Gasteiger partial charge in [-0.05, 0) is 26.2 Å². The van der Waals surface area contributed by atoms with E-state index in [1.807, 2.05) is 32.6 Å². The Morgan fingerprint density at radius 1 is 1.35 bits per heavy atom. The van der Waals surface area contributed by atoms with Gasteiger partial charge in [0.1, 0.15) is 0 Å². The zero-order chi connectivity index (χ0) is 15.3. The zero-order valence-electron chi connectivity index (χ0n) is 13.1. The summed E-state index contributed by atoms with van der Waals surface area (Å²) in [6, 6.07) is 0. The van der Waals surface area contributed by atoms with E-state index in [-0.39, 0.29) is 30.3 Å². The standard InChI is InChI=1S/C15H28N2O3/c1-5-15(4,10-18)16-13(19)12-6-8-17(9-7-12)14(20)11(2)3/h11-12,18H,5-10H2,1-4H3,(H,16,19). The first-order valence-corrected chi connectivity index (χ1v) is 7.54. The van der Waals surface area contributed by atoms with E-state index in [2.05, 4.69) is 5.32 Å². The lowest BCUT2D eigenvalue weighted by molar-refractivity contribution is -0.138. The number of hydrogen-bond acceptors (Lipinski definition) is 3. The summed E-state index contributed by atoms with van der Waals surface area (Å²) in [6.45, 7) is 8.83. The number of likely N-dealkylation sites (tertiary alicyclic amines) is 1. The molecule has 0 aromatic heterocycles. The van der Waals surface area contributed by atoms with E-state index in [0.717, 1.165) is 0 Å². The number of rotatable bonds is 5. The smallest absolute Gasteiger partial charge is 0.225 e. The van der Waals surface area contributed by atoms with Crippen molar-refractivity contribution >= 4 is 11.8 Å². The van der Waals surface area contributed by atoms with Crippen molar-refractivity contribution in [1.29, 1.82) is 0 Å². The van der Waals surface area contributed by atoms with Crippen molar-refractivity contribution in [3.05, 3.63) is 0 Å². The van der Waals surface area contributed by atoms with E-state index < -0.39 is 5.54 Å². The summed E-state index contributed by atoms with van der Waals surface area (Å²) < 4.78 is 0. The third-order valence-electron chi connectivity index (χ3n) is 4.23. The van der Waals surface area contributed by atoms with Crippen LogP contribution in [0.25, 0.3) is 0 Å². The van der Waals surface area contributed by atoms with Crippen LogP contribution in [0.5, 0.6) is 0 Å². The fourth-order valence-corrected chi connectivity index (χ4v) is 2.37. The largest absolute Gasteiger partial charge is 0.394 e. The SMILES string of the molecule is CCC(C)(CO)NC(=O)C1CCN(C(=O)C(C)C)CC1. The maximum absolute atomic E-state index is 12.2. The molecule has 1 saturated heterocycles. The number of hydrogen-bond donors (Lipinski definition) is 2. The fourth-order valence-electron chi connectivity index (χ4n) is 2.37. The highest BCUT2D eigenvalue weighted by Gasteiger charge is 2.31. The molecule has 116 valence electrons. The van der Waals surface area contributed by atoms with E-state index in [9.17, 15) is 14.7 Å². The number of aliphatic hydroxyl groups is 1. The van der Waals surface area contributed by atoms with Crippen molar-refractivity contribution in [2.24, 2.45) is 11.8 Å². The maximum atomic E-state index is 12.2. The van der Waals surface area contributed by atoms with Crippen LogP contribution in [-0.2, 0) is 9.59 Å². The first-order valence-electron chi connectivity index (χ1n) is 7.54. The Morgan fingerprint density at radius 2 is 1.90 bits per heavy atom. The molecule has 1 aliphatic rings. The van der Waals surface area contributed by atoms with Crippen LogP contribution in [0.1, 0.15) is 47.0 Å². The van der Waals surface area contributed by atoms with Gasteiger partial charge in [0.05, 0.1) is 12.1 Å². The highest BCUT2D eigenvalue weighted by atomic mass is 16.3. The molecule has 0 aromatic carbocycles. The molecule has 1 rings (SSSR count). The Kier molecular flexibility index (Phi) is 5.99. The molecule has 1 atom stereocenters. The summed E-state index contributed by atoms with van der Waals surface area (Å²) in [4.78, 5) is 26.0. The summed E-state index contributed by atoms with van der Waals surface area (Å²) in [5.41, 5.74) is -0.540. The molecule has 0 aliphatic carbocycles. The van der Waals surface area contributed by atoms with E-state index in [0.29, 0.717) is 32.4 Å². The lowest BCUT2D eigenvalue weighted by Crippen LogP contribution is -2.52. The van der Waals surface area contributed by atoms with Crippen molar-refractivity contribution in [1.82, 2.24) is 10.2 Å². The van der Waals surface area contributed by atoms with Gasteiger partial charge in [-0.2, -0.15) is 0 Å². The number of nitrogens with zero attached hydrogens (tertiary/aromatic N) is 1. The predicted octanol–water partition coefficient (Wildman–Crippen LogP) is 1.16. The third-order valence-corrected chi connectivity index (χ3v) is 4.23. The summed E-state index contributed by atoms with van der Waals surface area (Å²) in [5, 5.41) is 12.3. The van der Waals surface area contributed by atoms with Gasteiger partial charge in [0.15, 0.2) is 0 Å². The molecule has 0 aromatic rings. The average molecular weight is 284 g/mol. The first-order chi connectivity index (χ1) is 9.33. The summed E-state index contributed by atoms with van der Waals surface area (Å²) >= 11 is 0. The molecule has 0 saturated carbocycles. The molecule has 0 spiro atoms. The quantitative estimate of drug-likeness (QED) is 0.796. The minimum atomic E-state index is -0.540. The molecule has 1 fully saturated rings. The lowest BCUT2D eigenvalue weighted by atomic mass is 9.92. The van der Waals surface area contributed by atoms with Crippen molar-refractivity contribution in [2.45, 2.75) is 52.5 Å².